The van der Waals surface area contributed by atoms with E-state index in [1.54, 1.807) is 0 Å². The van der Waals surface area contributed by atoms with E-state index in [0.29, 0.717) is 17.9 Å². The average molecular weight is 478 g/mol. The van der Waals surface area contributed by atoms with Gasteiger partial charge in [0, 0.05) is 18.0 Å². The van der Waals surface area contributed by atoms with Crippen molar-refractivity contribution in [1.29, 1.82) is 0 Å². The molecular formula is C23H25ClFN3O5. The Bertz CT molecular complexity index is 1200. The molecule has 3 aromatic rings. The molecule has 0 aliphatic carbocycles. The number of halogens is 2. The van der Waals surface area contributed by atoms with Gasteiger partial charge in [-0.05, 0) is 74.2 Å². The standard InChI is InChI=1S/C12H14N2O2.C11H11ClFNO3/c15-12-14-10-2-1-9(7-11(10)16-12)8-3-5-13-6-4-8;12-7-3-4-8(9(13)6-7)11(16,17)14-5-1-2-10(14)15/h1-2,7-8,13H,3-6H2,(H,14,15);3-4,6,16-17H,1-2,5H2. The fraction of sp³-hybridized carbons (Fsp3) is 0.391. The number of carbonyl (C=O) groups is 1. The van der Waals surface area contributed by atoms with Crippen LogP contribution in [0.2, 0.25) is 5.02 Å². The maximum atomic E-state index is 13.6. The SMILES string of the molecule is O=C1CCCN1C(O)(O)c1ccc(Cl)cc1F.O=c1[nH]c2ccc(C3CCNCC3)cc2o1. The monoisotopic (exact) mass is 477 g/mol. The van der Waals surface area contributed by atoms with Crippen molar-refractivity contribution in [3.63, 3.8) is 0 Å². The minimum atomic E-state index is -2.62. The lowest BCUT2D eigenvalue weighted by Crippen LogP contribution is -2.47. The second-order valence-electron chi connectivity index (χ2n) is 8.20. The van der Waals surface area contributed by atoms with Crippen LogP contribution < -0.4 is 11.1 Å². The van der Waals surface area contributed by atoms with Crippen LogP contribution in [0.4, 0.5) is 4.39 Å². The van der Waals surface area contributed by atoms with Gasteiger partial charge < -0.3 is 19.9 Å². The number of hydrogen-bond acceptors (Lipinski definition) is 6. The summed E-state index contributed by atoms with van der Waals surface area (Å²) in [4.78, 5) is 26.0. The van der Waals surface area contributed by atoms with Crippen molar-refractivity contribution < 1.29 is 23.8 Å². The summed E-state index contributed by atoms with van der Waals surface area (Å²) in [7, 11) is 0. The third kappa shape index (κ3) is 5.11. The van der Waals surface area contributed by atoms with Crippen LogP contribution in [0, 0.1) is 5.82 Å². The molecule has 5 rings (SSSR count). The second-order valence-corrected chi connectivity index (χ2v) is 8.64. The molecule has 2 fully saturated rings. The molecule has 2 aliphatic heterocycles. The average Bonchev–Trinajstić information content (AvgIpc) is 3.38. The third-order valence-electron chi connectivity index (χ3n) is 6.00. The molecule has 0 unspecified atom stereocenters. The Morgan fingerprint density at radius 2 is 1.88 bits per heavy atom. The molecular weight excluding hydrogens is 453 g/mol. The lowest BCUT2D eigenvalue weighted by atomic mass is 9.90. The zero-order valence-corrected chi connectivity index (χ0v) is 18.6. The first-order valence-electron chi connectivity index (χ1n) is 10.8. The maximum Gasteiger partial charge on any atom is 0.417 e. The van der Waals surface area contributed by atoms with Crippen LogP contribution >= 0.6 is 11.6 Å². The van der Waals surface area contributed by atoms with Crippen LogP contribution in [0.1, 0.15) is 42.7 Å². The number of hydrogen-bond donors (Lipinski definition) is 4. The van der Waals surface area contributed by atoms with Gasteiger partial charge in [0.05, 0.1) is 11.1 Å². The number of amides is 1. The molecule has 176 valence electrons. The van der Waals surface area contributed by atoms with E-state index < -0.39 is 17.6 Å². The van der Waals surface area contributed by atoms with Gasteiger partial charge in [0.15, 0.2) is 5.58 Å². The summed E-state index contributed by atoms with van der Waals surface area (Å²) in [6, 6.07) is 9.47. The highest BCUT2D eigenvalue weighted by molar-refractivity contribution is 6.30. The maximum absolute atomic E-state index is 13.6. The lowest BCUT2D eigenvalue weighted by Gasteiger charge is -2.32. The van der Waals surface area contributed by atoms with E-state index in [1.807, 2.05) is 12.1 Å². The van der Waals surface area contributed by atoms with Crippen molar-refractivity contribution in [1.82, 2.24) is 15.2 Å². The predicted molar refractivity (Wildman–Crippen MR) is 120 cm³/mol. The van der Waals surface area contributed by atoms with Crippen molar-refractivity contribution in [2.24, 2.45) is 0 Å². The quantitative estimate of drug-likeness (QED) is 0.431. The zero-order valence-electron chi connectivity index (χ0n) is 17.8. The van der Waals surface area contributed by atoms with Gasteiger partial charge in [-0.3, -0.25) is 14.7 Å². The van der Waals surface area contributed by atoms with Crippen LogP contribution in [0.3, 0.4) is 0 Å². The van der Waals surface area contributed by atoms with Gasteiger partial charge in [-0.15, -0.1) is 0 Å². The fourth-order valence-corrected chi connectivity index (χ4v) is 4.41. The molecule has 33 heavy (non-hydrogen) atoms. The Morgan fingerprint density at radius 3 is 2.55 bits per heavy atom. The van der Waals surface area contributed by atoms with Crippen molar-refractivity contribution in [2.75, 3.05) is 19.6 Å². The predicted octanol–water partition coefficient (Wildman–Crippen LogP) is 2.78. The molecule has 3 heterocycles. The highest BCUT2D eigenvalue weighted by Gasteiger charge is 2.41. The number of H-pyrrole nitrogens is 1. The Labute approximate surface area is 194 Å². The number of rotatable bonds is 3. The van der Waals surface area contributed by atoms with Crippen LogP contribution in [0.5, 0.6) is 0 Å². The van der Waals surface area contributed by atoms with Crippen molar-refractivity contribution >= 4 is 28.6 Å². The Hall–Kier alpha value is -2.72. The second kappa shape index (κ2) is 9.64. The molecule has 1 aromatic heterocycles. The summed E-state index contributed by atoms with van der Waals surface area (Å²) in [6.45, 7) is 2.33. The van der Waals surface area contributed by atoms with E-state index in [9.17, 15) is 24.2 Å². The number of nitrogens with one attached hydrogen (secondary N) is 2. The number of nitrogens with zero attached hydrogens (tertiary/aromatic N) is 1. The normalized spacial score (nSPS) is 17.3. The van der Waals surface area contributed by atoms with Crippen LogP contribution in [-0.4, -0.2) is 45.6 Å². The topological polar surface area (TPSA) is 119 Å². The van der Waals surface area contributed by atoms with Gasteiger partial charge in [0.25, 0.3) is 5.91 Å². The van der Waals surface area contributed by atoms with Crippen LogP contribution in [-0.2, 0) is 10.7 Å². The number of carbonyl (C=O) groups excluding carboxylic acids is 1. The van der Waals surface area contributed by atoms with Gasteiger partial charge >= 0.3 is 5.76 Å². The van der Waals surface area contributed by atoms with E-state index >= 15 is 0 Å². The van der Waals surface area contributed by atoms with Gasteiger partial charge in [0.1, 0.15) is 5.82 Å². The summed E-state index contributed by atoms with van der Waals surface area (Å²) >= 11 is 5.57. The Morgan fingerprint density at radius 1 is 1.12 bits per heavy atom. The third-order valence-corrected chi connectivity index (χ3v) is 6.23. The van der Waals surface area contributed by atoms with Gasteiger partial charge in [-0.1, -0.05) is 17.7 Å². The number of fused-ring (bicyclic) bond motifs is 1. The van der Waals surface area contributed by atoms with Crippen molar-refractivity contribution in [3.8, 4) is 0 Å². The molecule has 2 aromatic carbocycles. The highest BCUT2D eigenvalue weighted by Crippen LogP contribution is 2.30. The number of aromatic nitrogens is 1. The molecule has 2 aliphatic rings. The number of oxazole rings is 1. The van der Waals surface area contributed by atoms with Crippen LogP contribution in [0.15, 0.2) is 45.6 Å². The largest absolute Gasteiger partial charge is 0.417 e. The number of piperidine rings is 1. The Balaban J connectivity index is 0.000000157. The fourth-order valence-electron chi connectivity index (χ4n) is 4.26. The summed E-state index contributed by atoms with van der Waals surface area (Å²) in [5.74, 6) is -3.68. The van der Waals surface area contributed by atoms with Gasteiger partial charge in [0.2, 0.25) is 5.91 Å². The minimum Gasteiger partial charge on any atom is -0.408 e. The van der Waals surface area contributed by atoms with E-state index in [0.717, 1.165) is 48.5 Å². The first kappa shape index (κ1) is 23.4. The highest BCUT2D eigenvalue weighted by atomic mass is 35.5. The van der Waals surface area contributed by atoms with Crippen molar-refractivity contribution in [3.05, 3.63) is 68.9 Å². The minimum absolute atomic E-state index is 0.148. The summed E-state index contributed by atoms with van der Waals surface area (Å²) in [5, 5.41) is 23.3. The van der Waals surface area contributed by atoms with E-state index in [4.69, 9.17) is 16.0 Å². The molecule has 0 radical (unpaired) electrons. The molecule has 0 saturated carbocycles. The summed E-state index contributed by atoms with van der Waals surface area (Å²) in [5.41, 5.74) is 2.35. The van der Waals surface area contributed by atoms with Gasteiger partial charge in [-0.2, -0.15) is 0 Å². The lowest BCUT2D eigenvalue weighted by molar-refractivity contribution is -0.263. The summed E-state index contributed by atoms with van der Waals surface area (Å²) < 4.78 is 18.7. The molecule has 0 atom stereocenters. The molecule has 1 amide bonds. The first-order valence-corrected chi connectivity index (χ1v) is 11.2. The van der Waals surface area contributed by atoms with Gasteiger partial charge in [-0.25, -0.2) is 9.18 Å². The first-order chi connectivity index (χ1) is 15.8. The van der Waals surface area contributed by atoms with E-state index in [2.05, 4.69) is 16.4 Å². The molecule has 4 N–H and O–H groups in total. The molecule has 0 bridgehead atoms. The molecule has 0 spiro atoms. The smallest absolute Gasteiger partial charge is 0.408 e. The van der Waals surface area contributed by atoms with E-state index in [-0.39, 0.29) is 29.3 Å². The summed E-state index contributed by atoms with van der Waals surface area (Å²) in [6.07, 6.45) is 3.06. The number of aromatic amines is 1. The van der Waals surface area contributed by atoms with E-state index in [1.165, 1.54) is 11.6 Å². The van der Waals surface area contributed by atoms with Crippen molar-refractivity contribution in [2.45, 2.75) is 37.5 Å². The molecule has 10 heteroatoms. The molecule has 8 nitrogen and oxygen atoms in total. The number of aliphatic hydroxyl groups is 2. The number of benzene rings is 2. The zero-order chi connectivity index (χ0) is 23.6. The number of likely N-dealkylation sites (tertiary alicyclic amines) is 1. The molecule has 2 saturated heterocycles. The van der Waals surface area contributed by atoms with Crippen LogP contribution in [0.25, 0.3) is 11.1 Å². The Kier molecular flexibility index (Phi) is 6.85.